The fourth-order valence-corrected chi connectivity index (χ4v) is 2.40. The molecule has 150 valence electrons. The number of carbonyl (C=O) groups excluding carboxylic acids is 2. The highest BCUT2D eigenvalue weighted by atomic mass is 19.4. The lowest BCUT2D eigenvalue weighted by molar-refractivity contribution is -0.174. The average Bonchev–Trinajstić information content (AvgIpc) is 2.66. The lowest BCUT2D eigenvalue weighted by atomic mass is 10.0. The summed E-state index contributed by atoms with van der Waals surface area (Å²) < 4.78 is 48.1. The van der Waals surface area contributed by atoms with Crippen LogP contribution < -0.4 is 10.1 Å². The summed E-state index contributed by atoms with van der Waals surface area (Å²) >= 11 is 0. The summed E-state index contributed by atoms with van der Waals surface area (Å²) in [6.45, 7) is 3.27. The van der Waals surface area contributed by atoms with Crippen molar-refractivity contribution >= 4 is 11.9 Å². The van der Waals surface area contributed by atoms with E-state index in [0.717, 1.165) is 5.56 Å². The molecule has 0 aliphatic carbocycles. The number of hydrogen-bond donors (Lipinski definition) is 1. The van der Waals surface area contributed by atoms with Gasteiger partial charge in [-0.1, -0.05) is 29.8 Å². The van der Waals surface area contributed by atoms with Crippen LogP contribution in [0.4, 0.5) is 13.2 Å². The van der Waals surface area contributed by atoms with Gasteiger partial charge in [-0.3, -0.25) is 4.79 Å². The molecule has 1 amide bonds. The highest BCUT2D eigenvalue weighted by Crippen LogP contribution is 2.26. The first-order chi connectivity index (χ1) is 13.1. The molecule has 0 aliphatic rings. The molecular formula is C19H19F3N2O4. The summed E-state index contributed by atoms with van der Waals surface area (Å²) in [4.78, 5) is 26.7. The number of pyridine rings is 1. The Morgan fingerprint density at radius 2 is 1.75 bits per heavy atom. The molecule has 2 rings (SSSR count). The maximum Gasteiger partial charge on any atom is 0.471 e. The molecule has 0 unspecified atom stereocenters. The second kappa shape index (κ2) is 8.73. The van der Waals surface area contributed by atoms with Crippen molar-refractivity contribution in [3.05, 3.63) is 59.4 Å². The van der Waals surface area contributed by atoms with Gasteiger partial charge in [0.25, 0.3) is 0 Å². The normalized spacial score (nSPS) is 13.4. The van der Waals surface area contributed by atoms with E-state index in [1.807, 2.05) is 12.2 Å². The Balaban J connectivity index is 2.26. The predicted molar refractivity (Wildman–Crippen MR) is 93.8 cm³/mol. The maximum absolute atomic E-state index is 12.6. The second-order valence-electron chi connectivity index (χ2n) is 6.08. The Bertz CT molecular complexity index is 821. The second-order valence-corrected chi connectivity index (χ2v) is 6.08. The third-order valence-electron chi connectivity index (χ3n) is 3.87. The van der Waals surface area contributed by atoms with Gasteiger partial charge >= 0.3 is 18.1 Å². The third-order valence-corrected chi connectivity index (χ3v) is 3.87. The van der Waals surface area contributed by atoms with Crippen LogP contribution in [-0.4, -0.2) is 36.2 Å². The first-order valence-electron chi connectivity index (χ1n) is 8.27. The van der Waals surface area contributed by atoms with E-state index in [1.165, 1.54) is 32.4 Å². The van der Waals surface area contributed by atoms with Crippen LogP contribution in [0.3, 0.4) is 0 Å². The van der Waals surface area contributed by atoms with Gasteiger partial charge < -0.3 is 14.8 Å². The largest absolute Gasteiger partial charge is 0.482 e. The van der Waals surface area contributed by atoms with Crippen molar-refractivity contribution in [1.29, 1.82) is 0 Å². The molecule has 1 N–H and O–H groups in total. The Morgan fingerprint density at radius 3 is 2.25 bits per heavy atom. The minimum absolute atomic E-state index is 0.0557. The maximum atomic E-state index is 12.6. The number of aromatic nitrogens is 1. The summed E-state index contributed by atoms with van der Waals surface area (Å²) in [6, 6.07) is 8.77. The molecule has 2 atom stereocenters. The van der Waals surface area contributed by atoms with Gasteiger partial charge in [-0.25, -0.2) is 9.78 Å². The smallest absolute Gasteiger partial charge is 0.471 e. The lowest BCUT2D eigenvalue weighted by Gasteiger charge is -2.27. The number of aryl methyl sites for hydroxylation is 1. The number of esters is 1. The first kappa shape index (κ1) is 21.2. The van der Waals surface area contributed by atoms with Gasteiger partial charge in [-0.15, -0.1) is 0 Å². The van der Waals surface area contributed by atoms with Gasteiger partial charge in [-0.2, -0.15) is 13.2 Å². The predicted octanol–water partition coefficient (Wildman–Crippen LogP) is 3.36. The van der Waals surface area contributed by atoms with E-state index in [0.29, 0.717) is 5.56 Å². The molecule has 28 heavy (non-hydrogen) atoms. The number of rotatable bonds is 6. The number of benzene rings is 1. The zero-order valence-corrected chi connectivity index (χ0v) is 15.4. The fraction of sp³-hybridized carbons (Fsp3) is 0.316. The average molecular weight is 396 g/mol. The number of carbonyl (C=O) groups is 2. The van der Waals surface area contributed by atoms with Crippen LogP contribution in [-0.2, 0) is 9.53 Å². The van der Waals surface area contributed by atoms with Crippen LogP contribution in [0.15, 0.2) is 42.6 Å². The van der Waals surface area contributed by atoms with Gasteiger partial charge in [0.15, 0.2) is 0 Å². The zero-order chi connectivity index (χ0) is 20.9. The molecule has 6 nitrogen and oxygen atoms in total. The SMILES string of the molecule is COC(=O)c1ccc(O[C@H](c2ccc(C)cc2)[C@H](C)NC(=O)C(F)(F)F)cn1. The highest BCUT2D eigenvalue weighted by Gasteiger charge is 2.40. The van der Waals surface area contributed by atoms with Gasteiger partial charge in [0.1, 0.15) is 17.5 Å². The summed E-state index contributed by atoms with van der Waals surface area (Å²) in [5, 5.41) is 1.91. The van der Waals surface area contributed by atoms with Crippen molar-refractivity contribution in [3.8, 4) is 5.75 Å². The number of nitrogens with zero attached hydrogens (tertiary/aromatic N) is 1. The monoisotopic (exact) mass is 396 g/mol. The molecule has 9 heteroatoms. The van der Waals surface area contributed by atoms with Crippen LogP contribution in [0.25, 0.3) is 0 Å². The molecule has 0 fully saturated rings. The first-order valence-corrected chi connectivity index (χ1v) is 8.27. The zero-order valence-electron chi connectivity index (χ0n) is 15.4. The van der Waals surface area contributed by atoms with Gasteiger partial charge in [0.2, 0.25) is 0 Å². The van der Waals surface area contributed by atoms with E-state index in [1.54, 1.807) is 24.3 Å². The number of alkyl halides is 3. The summed E-state index contributed by atoms with van der Waals surface area (Å²) in [5.41, 5.74) is 1.58. The third kappa shape index (κ3) is 5.45. The van der Waals surface area contributed by atoms with Crippen LogP contribution >= 0.6 is 0 Å². The van der Waals surface area contributed by atoms with Crippen molar-refractivity contribution in [2.24, 2.45) is 0 Å². The number of halogens is 3. The molecule has 1 aromatic heterocycles. The Hall–Kier alpha value is -3.10. The lowest BCUT2D eigenvalue weighted by Crippen LogP contribution is -2.45. The van der Waals surface area contributed by atoms with Crippen LogP contribution in [0.5, 0.6) is 5.75 Å². The van der Waals surface area contributed by atoms with E-state index in [9.17, 15) is 22.8 Å². The number of amides is 1. The fourth-order valence-electron chi connectivity index (χ4n) is 2.40. The van der Waals surface area contributed by atoms with Crippen molar-refractivity contribution in [1.82, 2.24) is 10.3 Å². The summed E-state index contributed by atoms with van der Waals surface area (Å²) in [5.74, 6) is -2.47. The van der Waals surface area contributed by atoms with Crippen LogP contribution in [0.2, 0.25) is 0 Å². The molecule has 0 saturated heterocycles. The summed E-state index contributed by atoms with van der Waals surface area (Å²) in [6.07, 6.45) is -4.67. The van der Waals surface area contributed by atoms with E-state index < -0.39 is 30.2 Å². The molecular weight excluding hydrogens is 377 g/mol. The van der Waals surface area contributed by atoms with Gasteiger partial charge in [-0.05, 0) is 31.5 Å². The van der Waals surface area contributed by atoms with Crippen molar-refractivity contribution in [3.63, 3.8) is 0 Å². The quantitative estimate of drug-likeness (QED) is 0.758. The number of ether oxygens (including phenoxy) is 2. The van der Waals surface area contributed by atoms with E-state index in [4.69, 9.17) is 4.74 Å². The molecule has 0 aliphatic heterocycles. The van der Waals surface area contributed by atoms with E-state index >= 15 is 0 Å². The minimum atomic E-state index is -5.00. The topological polar surface area (TPSA) is 77.5 Å². The molecule has 1 aromatic carbocycles. The number of methoxy groups -OCH3 is 1. The minimum Gasteiger partial charge on any atom is -0.482 e. The van der Waals surface area contributed by atoms with Crippen molar-refractivity contribution in [2.75, 3.05) is 7.11 Å². The van der Waals surface area contributed by atoms with Crippen molar-refractivity contribution in [2.45, 2.75) is 32.2 Å². The van der Waals surface area contributed by atoms with Crippen molar-refractivity contribution < 1.29 is 32.2 Å². The molecule has 0 spiro atoms. The number of nitrogens with one attached hydrogen (secondary N) is 1. The molecule has 2 aromatic rings. The number of hydrogen-bond acceptors (Lipinski definition) is 5. The standard InChI is InChI=1S/C19H19F3N2O4/c1-11-4-6-13(7-5-11)16(12(2)24-18(26)19(20,21)22)28-14-8-9-15(23-10-14)17(25)27-3/h4-10,12,16H,1-3H3,(H,24,26)/t12-,16-/m0/s1. The van der Waals surface area contributed by atoms with Crippen LogP contribution in [0, 0.1) is 6.92 Å². The molecule has 0 bridgehead atoms. The summed E-state index contributed by atoms with van der Waals surface area (Å²) in [7, 11) is 1.22. The molecule has 0 saturated carbocycles. The highest BCUT2D eigenvalue weighted by molar-refractivity contribution is 5.87. The Kier molecular flexibility index (Phi) is 6.61. The molecule has 0 radical (unpaired) electrons. The molecule has 1 heterocycles. The van der Waals surface area contributed by atoms with Gasteiger partial charge in [0.05, 0.1) is 19.3 Å². The van der Waals surface area contributed by atoms with Crippen LogP contribution in [0.1, 0.15) is 34.6 Å². The van der Waals surface area contributed by atoms with E-state index in [-0.39, 0.29) is 11.4 Å². The van der Waals surface area contributed by atoms with Gasteiger partial charge in [0, 0.05) is 0 Å². The Morgan fingerprint density at radius 1 is 1.11 bits per heavy atom. The Labute approximate surface area is 159 Å². The van der Waals surface area contributed by atoms with E-state index in [2.05, 4.69) is 9.72 Å².